The fraction of sp³-hybridized carbons (Fsp3) is 0.900. The molecule has 0 spiro atoms. The van der Waals surface area contributed by atoms with Gasteiger partial charge < -0.3 is 10.2 Å². The molecule has 0 aromatic heterocycles. The van der Waals surface area contributed by atoms with Crippen LogP contribution in [0.2, 0.25) is 0 Å². The third-order valence-electron chi connectivity index (χ3n) is 8.30. The summed E-state index contributed by atoms with van der Waals surface area (Å²) in [6.45, 7) is 13.0. The molecule has 126 valence electrons. The number of allylic oxidation sites excluding steroid dienone is 1. The van der Waals surface area contributed by atoms with Crippen LogP contribution in [0.1, 0.15) is 72.6 Å². The van der Waals surface area contributed by atoms with Gasteiger partial charge in [-0.15, -0.1) is 6.58 Å². The molecule has 0 radical (unpaired) electrons. The molecule has 3 fully saturated rings. The van der Waals surface area contributed by atoms with E-state index in [1.807, 2.05) is 0 Å². The second kappa shape index (κ2) is 4.83. The topological polar surface area (TPSA) is 40.5 Å². The van der Waals surface area contributed by atoms with Gasteiger partial charge in [-0.1, -0.05) is 33.8 Å². The summed E-state index contributed by atoms with van der Waals surface area (Å²) in [6.07, 6.45) is 9.08. The molecule has 0 unspecified atom stereocenters. The number of aliphatic hydroxyl groups excluding tert-OH is 1. The normalized spacial score (nSPS) is 54.2. The molecule has 0 amide bonds. The first kappa shape index (κ1) is 16.5. The number of fused-ring (bicyclic) bond motifs is 3. The van der Waals surface area contributed by atoms with Gasteiger partial charge in [0, 0.05) is 5.41 Å². The molecule has 2 heteroatoms. The van der Waals surface area contributed by atoms with Crippen molar-refractivity contribution in [1.29, 1.82) is 0 Å². The summed E-state index contributed by atoms with van der Waals surface area (Å²) in [4.78, 5) is 0. The van der Waals surface area contributed by atoms with E-state index < -0.39 is 11.0 Å². The molecular formula is C20H34O2. The zero-order valence-corrected chi connectivity index (χ0v) is 14.9. The summed E-state index contributed by atoms with van der Waals surface area (Å²) in [5.41, 5.74) is -0.628. The lowest BCUT2D eigenvalue weighted by Gasteiger charge is -2.66. The molecule has 6 atom stereocenters. The van der Waals surface area contributed by atoms with Crippen LogP contribution < -0.4 is 0 Å². The van der Waals surface area contributed by atoms with Crippen LogP contribution in [-0.4, -0.2) is 21.9 Å². The van der Waals surface area contributed by atoms with Crippen LogP contribution in [0, 0.1) is 28.1 Å². The standard InChI is InChI=1S/C20H34O2/c1-6-18(4)11-12-19(5)14(13-18)9-10-20(22)15(19)7-8-16(21)17(20,2)3/h6,14-16,21-22H,1,7-13H2,2-5H3/t14-,15-,16+,18+,19+,20+/m0/s1. The Balaban J connectivity index is 1.95. The van der Waals surface area contributed by atoms with E-state index in [1.54, 1.807) is 0 Å². The van der Waals surface area contributed by atoms with Crippen LogP contribution in [0.4, 0.5) is 0 Å². The minimum Gasteiger partial charge on any atom is -0.392 e. The fourth-order valence-electron chi connectivity index (χ4n) is 6.16. The van der Waals surface area contributed by atoms with Gasteiger partial charge in [0.05, 0.1) is 11.7 Å². The largest absolute Gasteiger partial charge is 0.392 e. The quantitative estimate of drug-likeness (QED) is 0.709. The molecule has 0 aromatic carbocycles. The molecule has 0 aromatic rings. The van der Waals surface area contributed by atoms with Gasteiger partial charge in [0.1, 0.15) is 0 Å². The van der Waals surface area contributed by atoms with Gasteiger partial charge in [0.2, 0.25) is 0 Å². The Labute approximate surface area is 136 Å². The molecule has 3 aliphatic carbocycles. The van der Waals surface area contributed by atoms with E-state index in [4.69, 9.17) is 0 Å². The second-order valence-corrected chi connectivity index (χ2v) is 9.60. The average molecular weight is 306 g/mol. The SMILES string of the molecule is C=C[C@]1(C)CC[C@]2(C)[C@@H](CC[C@@]3(O)[C@H]2CC[C@@H](O)C3(C)C)C1. The van der Waals surface area contributed by atoms with E-state index in [2.05, 4.69) is 40.3 Å². The monoisotopic (exact) mass is 306 g/mol. The average Bonchev–Trinajstić information content (AvgIpc) is 2.46. The second-order valence-electron chi connectivity index (χ2n) is 9.60. The zero-order valence-electron chi connectivity index (χ0n) is 14.9. The van der Waals surface area contributed by atoms with Crippen molar-refractivity contribution in [2.24, 2.45) is 28.1 Å². The molecular weight excluding hydrogens is 272 g/mol. The van der Waals surface area contributed by atoms with Crippen LogP contribution in [0.25, 0.3) is 0 Å². The smallest absolute Gasteiger partial charge is 0.0756 e. The predicted octanol–water partition coefficient (Wildman–Crippen LogP) is 4.31. The van der Waals surface area contributed by atoms with E-state index in [-0.39, 0.29) is 16.9 Å². The van der Waals surface area contributed by atoms with Crippen molar-refractivity contribution >= 4 is 0 Å². The van der Waals surface area contributed by atoms with Crippen molar-refractivity contribution in [3.05, 3.63) is 12.7 Å². The highest BCUT2D eigenvalue weighted by Gasteiger charge is 2.64. The third-order valence-corrected chi connectivity index (χ3v) is 8.30. The molecule has 0 aliphatic heterocycles. The first-order chi connectivity index (χ1) is 10.1. The first-order valence-electron chi connectivity index (χ1n) is 9.13. The third kappa shape index (κ3) is 1.99. The van der Waals surface area contributed by atoms with Gasteiger partial charge >= 0.3 is 0 Å². The summed E-state index contributed by atoms with van der Waals surface area (Å²) < 4.78 is 0. The lowest BCUT2D eigenvalue weighted by atomic mass is 9.41. The first-order valence-corrected chi connectivity index (χ1v) is 9.13. The van der Waals surface area contributed by atoms with Crippen molar-refractivity contribution in [3.63, 3.8) is 0 Å². The van der Waals surface area contributed by atoms with Crippen molar-refractivity contribution in [1.82, 2.24) is 0 Å². The van der Waals surface area contributed by atoms with Crippen LogP contribution in [0.5, 0.6) is 0 Å². The number of hydrogen-bond acceptors (Lipinski definition) is 2. The van der Waals surface area contributed by atoms with Gasteiger partial charge in [-0.2, -0.15) is 0 Å². The maximum Gasteiger partial charge on any atom is 0.0756 e. The van der Waals surface area contributed by atoms with Crippen LogP contribution >= 0.6 is 0 Å². The molecule has 2 N–H and O–H groups in total. The van der Waals surface area contributed by atoms with E-state index in [1.165, 1.54) is 19.3 Å². The number of rotatable bonds is 1. The number of aliphatic hydroxyl groups is 2. The molecule has 3 rings (SSSR count). The van der Waals surface area contributed by atoms with Gasteiger partial charge in [-0.05, 0) is 67.6 Å². The van der Waals surface area contributed by atoms with Crippen LogP contribution in [0.3, 0.4) is 0 Å². The Morgan fingerprint density at radius 1 is 1.00 bits per heavy atom. The Morgan fingerprint density at radius 3 is 2.32 bits per heavy atom. The minimum absolute atomic E-state index is 0.215. The predicted molar refractivity (Wildman–Crippen MR) is 90.4 cm³/mol. The van der Waals surface area contributed by atoms with E-state index in [9.17, 15) is 10.2 Å². The van der Waals surface area contributed by atoms with Gasteiger partial charge in [-0.25, -0.2) is 0 Å². The van der Waals surface area contributed by atoms with Crippen LogP contribution in [-0.2, 0) is 0 Å². The van der Waals surface area contributed by atoms with Crippen molar-refractivity contribution in [2.45, 2.75) is 84.3 Å². The molecule has 0 saturated heterocycles. The molecule has 0 bridgehead atoms. The fourth-order valence-corrected chi connectivity index (χ4v) is 6.16. The lowest BCUT2D eigenvalue weighted by Crippen LogP contribution is -2.67. The van der Waals surface area contributed by atoms with Crippen molar-refractivity contribution in [2.75, 3.05) is 0 Å². The molecule has 22 heavy (non-hydrogen) atoms. The Bertz CT molecular complexity index is 470. The molecule has 3 saturated carbocycles. The summed E-state index contributed by atoms with van der Waals surface area (Å²) in [7, 11) is 0. The minimum atomic E-state index is -0.710. The van der Waals surface area contributed by atoms with Crippen molar-refractivity contribution < 1.29 is 10.2 Å². The molecule has 3 aliphatic rings. The van der Waals surface area contributed by atoms with Gasteiger partial charge in [0.25, 0.3) is 0 Å². The van der Waals surface area contributed by atoms with Crippen molar-refractivity contribution in [3.8, 4) is 0 Å². The Hall–Kier alpha value is -0.340. The zero-order chi connectivity index (χ0) is 16.4. The maximum absolute atomic E-state index is 11.6. The van der Waals surface area contributed by atoms with E-state index in [0.717, 1.165) is 25.7 Å². The van der Waals surface area contributed by atoms with Gasteiger partial charge in [0.15, 0.2) is 0 Å². The Morgan fingerprint density at radius 2 is 1.68 bits per heavy atom. The lowest BCUT2D eigenvalue weighted by molar-refractivity contribution is -0.252. The summed E-state index contributed by atoms with van der Waals surface area (Å²) in [5.74, 6) is 1.01. The highest BCUT2D eigenvalue weighted by atomic mass is 16.3. The molecule has 2 nitrogen and oxygen atoms in total. The van der Waals surface area contributed by atoms with Crippen LogP contribution in [0.15, 0.2) is 12.7 Å². The Kier molecular flexibility index (Phi) is 3.63. The van der Waals surface area contributed by atoms with E-state index >= 15 is 0 Å². The summed E-state index contributed by atoms with van der Waals surface area (Å²) >= 11 is 0. The summed E-state index contributed by atoms with van der Waals surface area (Å²) in [6, 6.07) is 0. The van der Waals surface area contributed by atoms with E-state index in [0.29, 0.717) is 11.8 Å². The highest BCUT2D eigenvalue weighted by Crippen LogP contribution is 2.66. The molecule has 0 heterocycles. The van der Waals surface area contributed by atoms with Gasteiger partial charge in [-0.3, -0.25) is 0 Å². The maximum atomic E-state index is 11.6. The summed E-state index contributed by atoms with van der Waals surface area (Å²) in [5, 5.41) is 22.1. The number of hydrogen-bond donors (Lipinski definition) is 2. The highest BCUT2D eigenvalue weighted by molar-refractivity contribution is 5.16.